The molecule has 1 aromatic carbocycles. The van der Waals surface area contributed by atoms with Crippen molar-refractivity contribution in [2.45, 2.75) is 31.7 Å². The molecule has 2 aliphatic heterocycles. The van der Waals surface area contributed by atoms with Crippen molar-refractivity contribution < 1.29 is 9.59 Å². The highest BCUT2D eigenvalue weighted by atomic mass is 35.5. The van der Waals surface area contributed by atoms with E-state index in [1.807, 2.05) is 23.1 Å². The molecule has 2 atom stereocenters. The highest BCUT2D eigenvalue weighted by Crippen LogP contribution is 2.24. The van der Waals surface area contributed by atoms with E-state index in [-0.39, 0.29) is 30.3 Å². The SMILES string of the molecule is Cl.O=C(NCC1CCCN(C(=O)c2ccc3sccc3c2)C1)C1CCCN1. The lowest BCUT2D eigenvalue weighted by atomic mass is 9.97. The van der Waals surface area contributed by atoms with Gasteiger partial charge in [0.2, 0.25) is 5.91 Å². The van der Waals surface area contributed by atoms with Crippen LogP contribution >= 0.6 is 23.7 Å². The first-order valence-corrected chi connectivity index (χ1v) is 10.4. The molecule has 0 aliphatic carbocycles. The molecular weight excluding hydrogens is 382 g/mol. The quantitative estimate of drug-likeness (QED) is 0.818. The van der Waals surface area contributed by atoms with Crippen LogP contribution in [0.25, 0.3) is 10.1 Å². The minimum Gasteiger partial charge on any atom is -0.354 e. The molecule has 2 fully saturated rings. The molecule has 0 radical (unpaired) electrons. The molecule has 2 saturated heterocycles. The van der Waals surface area contributed by atoms with E-state index < -0.39 is 0 Å². The summed E-state index contributed by atoms with van der Waals surface area (Å²) in [4.78, 5) is 27.0. The number of hydrogen-bond acceptors (Lipinski definition) is 4. The minimum atomic E-state index is -0.0336. The molecule has 0 saturated carbocycles. The molecule has 2 aromatic rings. The third kappa shape index (κ3) is 4.62. The van der Waals surface area contributed by atoms with Crippen molar-refractivity contribution in [1.82, 2.24) is 15.5 Å². The molecule has 7 heteroatoms. The number of amides is 2. The summed E-state index contributed by atoms with van der Waals surface area (Å²) in [6.45, 7) is 3.11. The summed E-state index contributed by atoms with van der Waals surface area (Å²) in [7, 11) is 0. The largest absolute Gasteiger partial charge is 0.354 e. The number of rotatable bonds is 4. The number of benzene rings is 1. The van der Waals surface area contributed by atoms with E-state index in [2.05, 4.69) is 22.1 Å². The Morgan fingerprint density at radius 3 is 2.93 bits per heavy atom. The first-order valence-electron chi connectivity index (χ1n) is 9.48. The number of nitrogens with zero attached hydrogens (tertiary/aromatic N) is 1. The molecule has 0 spiro atoms. The van der Waals surface area contributed by atoms with Gasteiger partial charge in [-0.1, -0.05) is 0 Å². The monoisotopic (exact) mass is 407 g/mol. The van der Waals surface area contributed by atoms with Crippen molar-refractivity contribution in [3.8, 4) is 0 Å². The van der Waals surface area contributed by atoms with Gasteiger partial charge in [0.15, 0.2) is 0 Å². The van der Waals surface area contributed by atoms with Crippen LogP contribution < -0.4 is 10.6 Å². The van der Waals surface area contributed by atoms with Crippen LogP contribution in [0.4, 0.5) is 0 Å². The maximum Gasteiger partial charge on any atom is 0.253 e. The fraction of sp³-hybridized carbons (Fsp3) is 0.500. The van der Waals surface area contributed by atoms with Crippen LogP contribution in [0.15, 0.2) is 29.6 Å². The van der Waals surface area contributed by atoms with Gasteiger partial charge >= 0.3 is 0 Å². The first-order chi connectivity index (χ1) is 12.7. The van der Waals surface area contributed by atoms with Gasteiger partial charge in [0.05, 0.1) is 6.04 Å². The molecule has 3 heterocycles. The fourth-order valence-corrected chi connectivity index (χ4v) is 4.75. The van der Waals surface area contributed by atoms with E-state index in [1.165, 1.54) is 4.70 Å². The van der Waals surface area contributed by atoms with Gasteiger partial charge < -0.3 is 15.5 Å². The lowest BCUT2D eigenvalue weighted by Gasteiger charge is -2.33. The second-order valence-corrected chi connectivity index (χ2v) is 8.27. The summed E-state index contributed by atoms with van der Waals surface area (Å²) < 4.78 is 1.21. The minimum absolute atomic E-state index is 0. The number of thiophene rings is 1. The average Bonchev–Trinajstić information content (AvgIpc) is 3.36. The lowest BCUT2D eigenvalue weighted by molar-refractivity contribution is -0.123. The summed E-state index contributed by atoms with van der Waals surface area (Å²) in [5, 5.41) is 9.49. The van der Waals surface area contributed by atoms with Crippen LogP contribution in [0.2, 0.25) is 0 Å². The van der Waals surface area contributed by atoms with Gasteiger partial charge in [0, 0.05) is 29.9 Å². The highest BCUT2D eigenvalue weighted by Gasteiger charge is 2.27. The van der Waals surface area contributed by atoms with E-state index in [0.29, 0.717) is 12.5 Å². The summed E-state index contributed by atoms with van der Waals surface area (Å²) in [5.41, 5.74) is 0.760. The van der Waals surface area contributed by atoms with E-state index in [0.717, 1.165) is 56.3 Å². The zero-order valence-electron chi connectivity index (χ0n) is 15.3. The Morgan fingerprint density at radius 1 is 1.22 bits per heavy atom. The Labute approximate surface area is 169 Å². The van der Waals surface area contributed by atoms with Crippen molar-refractivity contribution in [3.05, 3.63) is 35.2 Å². The van der Waals surface area contributed by atoms with Gasteiger partial charge in [-0.3, -0.25) is 9.59 Å². The standard InChI is InChI=1S/C20H25N3O2S.ClH/c24-19(17-4-1-8-21-17)22-12-14-3-2-9-23(13-14)20(25)16-5-6-18-15(11-16)7-10-26-18;/h5-7,10-11,14,17,21H,1-4,8-9,12-13H2,(H,22,24);1H. The molecule has 2 N–H and O–H groups in total. The van der Waals surface area contributed by atoms with E-state index >= 15 is 0 Å². The molecule has 4 rings (SSSR count). The lowest BCUT2D eigenvalue weighted by Crippen LogP contribution is -2.46. The van der Waals surface area contributed by atoms with Crippen LogP contribution in [0.3, 0.4) is 0 Å². The molecule has 5 nitrogen and oxygen atoms in total. The first kappa shape index (κ1) is 20.1. The van der Waals surface area contributed by atoms with Gasteiger partial charge in [0.1, 0.15) is 0 Å². The van der Waals surface area contributed by atoms with Gasteiger partial charge in [0.25, 0.3) is 5.91 Å². The van der Waals surface area contributed by atoms with Crippen molar-refractivity contribution in [3.63, 3.8) is 0 Å². The maximum absolute atomic E-state index is 12.9. The third-order valence-electron chi connectivity index (χ3n) is 5.45. The second kappa shape index (κ2) is 9.04. The second-order valence-electron chi connectivity index (χ2n) is 7.33. The van der Waals surface area contributed by atoms with Crippen molar-refractivity contribution in [2.75, 3.05) is 26.2 Å². The normalized spacial score (nSPS) is 22.4. The van der Waals surface area contributed by atoms with E-state index in [1.54, 1.807) is 11.3 Å². The molecule has 2 unspecified atom stereocenters. The molecule has 2 amide bonds. The predicted octanol–water partition coefficient (Wildman–Crippen LogP) is 3.04. The number of fused-ring (bicyclic) bond motifs is 1. The van der Waals surface area contributed by atoms with Gasteiger partial charge in [-0.15, -0.1) is 23.7 Å². The number of carbonyl (C=O) groups is 2. The van der Waals surface area contributed by atoms with Crippen molar-refractivity contribution in [2.24, 2.45) is 5.92 Å². The maximum atomic E-state index is 12.9. The Balaban J connectivity index is 0.00000210. The topological polar surface area (TPSA) is 61.4 Å². The van der Waals surface area contributed by atoms with Crippen molar-refractivity contribution in [1.29, 1.82) is 0 Å². The Bertz CT molecular complexity index is 803. The van der Waals surface area contributed by atoms with Crippen molar-refractivity contribution >= 4 is 45.6 Å². The van der Waals surface area contributed by atoms with Gasteiger partial charge in [-0.05, 0) is 73.2 Å². The van der Waals surface area contributed by atoms with E-state index in [4.69, 9.17) is 0 Å². The molecule has 146 valence electrons. The summed E-state index contributed by atoms with van der Waals surface area (Å²) in [5.74, 6) is 0.545. The summed E-state index contributed by atoms with van der Waals surface area (Å²) >= 11 is 1.69. The number of halogens is 1. The number of piperidine rings is 1. The van der Waals surface area contributed by atoms with Crippen LogP contribution in [0.5, 0.6) is 0 Å². The molecule has 1 aromatic heterocycles. The Hall–Kier alpha value is -1.63. The van der Waals surface area contributed by atoms with Crippen LogP contribution in [0, 0.1) is 5.92 Å². The summed E-state index contributed by atoms with van der Waals surface area (Å²) in [6, 6.07) is 7.98. The molecular formula is C20H26ClN3O2S. The zero-order chi connectivity index (χ0) is 17.9. The predicted molar refractivity (Wildman–Crippen MR) is 112 cm³/mol. The number of hydrogen-bond donors (Lipinski definition) is 2. The van der Waals surface area contributed by atoms with Gasteiger partial charge in [-0.25, -0.2) is 0 Å². The zero-order valence-corrected chi connectivity index (χ0v) is 16.9. The Morgan fingerprint density at radius 2 is 2.11 bits per heavy atom. The fourth-order valence-electron chi connectivity index (χ4n) is 3.97. The van der Waals surface area contributed by atoms with E-state index in [9.17, 15) is 9.59 Å². The number of nitrogens with one attached hydrogen (secondary N) is 2. The van der Waals surface area contributed by atoms with Crippen LogP contribution in [0.1, 0.15) is 36.0 Å². The number of likely N-dealkylation sites (tertiary alicyclic amines) is 1. The average molecular weight is 408 g/mol. The summed E-state index contributed by atoms with van der Waals surface area (Å²) in [6.07, 6.45) is 4.05. The smallest absolute Gasteiger partial charge is 0.253 e. The molecule has 27 heavy (non-hydrogen) atoms. The Kier molecular flexibility index (Phi) is 6.73. The highest BCUT2D eigenvalue weighted by molar-refractivity contribution is 7.17. The van der Waals surface area contributed by atoms with Crippen LogP contribution in [-0.2, 0) is 4.79 Å². The molecule has 2 aliphatic rings. The number of carbonyl (C=O) groups excluding carboxylic acids is 2. The van der Waals surface area contributed by atoms with Crippen LogP contribution in [-0.4, -0.2) is 48.9 Å². The molecule has 0 bridgehead atoms. The van der Waals surface area contributed by atoms with Gasteiger partial charge in [-0.2, -0.15) is 0 Å². The third-order valence-corrected chi connectivity index (χ3v) is 6.35.